The molecule has 0 aliphatic rings. The molecule has 0 atom stereocenters. The van der Waals surface area contributed by atoms with Crippen LogP contribution in [0.5, 0.6) is 0 Å². The molecule has 6 aromatic rings. The van der Waals surface area contributed by atoms with E-state index >= 15 is 0 Å². The lowest BCUT2D eigenvalue weighted by molar-refractivity contribution is -0.191. The molecule has 4 aromatic carbocycles. The van der Waals surface area contributed by atoms with Gasteiger partial charge in [0.25, 0.3) is 6.47 Å². The Labute approximate surface area is 436 Å². The van der Waals surface area contributed by atoms with Gasteiger partial charge in [-0.25, -0.2) is 0 Å². The standard InChI is InChI=1S/C32H39NO3.C32H41NO.CO2/c1-6-31(35,7-2)17-16-26-10-15-30(18-24(26)5)32(8-3,9-4)29-13-11-27(12-14-29)28-19-25(20-33-21-28)22-36-23-34;1-7-25-21-28(23-33-22-25)27-13-15-29(16-14-27)32(10-4,11-5)30-17-12-26(24(6)20-30)18-19-31(34,8-2)9-3;2-1-3/h10-21,23,35H,6-9,22H2,1-5H3;12-23,34H,7-11H2,1-6H3;/b17-16+;19-18+;. The van der Waals surface area contributed by atoms with Gasteiger partial charge in [-0.1, -0.05) is 172 Å². The van der Waals surface area contributed by atoms with Crippen LogP contribution in [0.4, 0.5) is 0 Å². The van der Waals surface area contributed by atoms with Crippen LogP contribution in [-0.4, -0.2) is 44.0 Å². The predicted molar refractivity (Wildman–Crippen MR) is 299 cm³/mol. The van der Waals surface area contributed by atoms with E-state index in [9.17, 15) is 15.0 Å². The van der Waals surface area contributed by atoms with Crippen LogP contribution in [0, 0.1) is 13.8 Å². The minimum absolute atomic E-state index is 0.0252. The predicted octanol–water partition coefficient (Wildman–Crippen LogP) is 15.1. The molecule has 0 unspecified atom stereocenters. The maximum Gasteiger partial charge on any atom is 0.373 e. The van der Waals surface area contributed by atoms with Crippen molar-refractivity contribution in [1.82, 2.24) is 9.97 Å². The van der Waals surface area contributed by atoms with Crippen LogP contribution in [0.3, 0.4) is 0 Å². The number of carbonyl (C=O) groups excluding carboxylic acids is 3. The monoisotopic (exact) mass is 985 g/mol. The van der Waals surface area contributed by atoms with Crippen molar-refractivity contribution < 1.29 is 29.3 Å². The third-order valence-electron chi connectivity index (χ3n) is 15.5. The van der Waals surface area contributed by atoms with E-state index < -0.39 is 11.2 Å². The molecule has 0 saturated carbocycles. The molecule has 6 rings (SSSR count). The maximum atomic E-state index is 10.6. The summed E-state index contributed by atoms with van der Waals surface area (Å²) in [6.45, 7) is 24.3. The zero-order valence-corrected chi connectivity index (χ0v) is 45.4. The maximum absolute atomic E-state index is 10.6. The summed E-state index contributed by atoms with van der Waals surface area (Å²) >= 11 is 0. The summed E-state index contributed by atoms with van der Waals surface area (Å²) in [5.74, 6) is 0. The number of hydrogen-bond acceptors (Lipinski definition) is 8. The van der Waals surface area contributed by atoms with Crippen molar-refractivity contribution in [2.75, 3.05) is 0 Å². The second-order valence-corrected chi connectivity index (χ2v) is 19.2. The highest BCUT2D eigenvalue weighted by Gasteiger charge is 2.32. The van der Waals surface area contributed by atoms with Gasteiger partial charge in [0.15, 0.2) is 0 Å². The lowest BCUT2D eigenvalue weighted by atomic mass is 9.70. The highest BCUT2D eigenvalue weighted by molar-refractivity contribution is 5.66. The number of nitrogens with zero attached hydrogens (tertiary/aromatic N) is 2. The van der Waals surface area contributed by atoms with Crippen LogP contribution >= 0.6 is 0 Å². The molecule has 73 heavy (non-hydrogen) atoms. The molecule has 2 N–H and O–H groups in total. The van der Waals surface area contributed by atoms with E-state index in [1.54, 1.807) is 6.20 Å². The number of ether oxygens (including phenoxy) is 1. The van der Waals surface area contributed by atoms with Crippen molar-refractivity contribution in [2.45, 2.75) is 163 Å². The quantitative estimate of drug-likeness (QED) is 0.0644. The van der Waals surface area contributed by atoms with Gasteiger partial charge in [-0.2, -0.15) is 9.59 Å². The fourth-order valence-corrected chi connectivity index (χ4v) is 9.91. The van der Waals surface area contributed by atoms with Gasteiger partial charge >= 0.3 is 6.15 Å². The van der Waals surface area contributed by atoms with Crippen LogP contribution in [0.2, 0.25) is 0 Å². The molecule has 8 heteroatoms. The summed E-state index contributed by atoms with van der Waals surface area (Å²) in [7, 11) is 0. The smallest absolute Gasteiger partial charge is 0.373 e. The first-order chi connectivity index (χ1) is 35.1. The molecule has 2 heterocycles. The van der Waals surface area contributed by atoms with Crippen molar-refractivity contribution in [3.05, 3.63) is 190 Å². The summed E-state index contributed by atoms with van der Waals surface area (Å²) in [6, 6.07) is 35.6. The Bertz CT molecular complexity index is 2750. The van der Waals surface area contributed by atoms with Crippen molar-refractivity contribution in [2.24, 2.45) is 0 Å². The fraction of sp³-hybridized carbons (Fsp3) is 0.385. The average Bonchev–Trinajstić information content (AvgIpc) is 3.43. The Balaban J connectivity index is 0.000000301. The average molecular weight is 985 g/mol. The second-order valence-electron chi connectivity index (χ2n) is 19.2. The normalized spacial score (nSPS) is 11.9. The SMILES string of the molecule is CCC(O)(/C=C/c1ccc(C(CC)(CC)c2ccc(-c3cncc(COC=O)c3)cc2)cc1C)CC.CCc1cncc(-c2ccc(C(CC)(CC)c3ccc(/C=C/C(O)(CC)CC)c(C)c3)cc2)c1.O=C=O. The van der Waals surface area contributed by atoms with Crippen molar-refractivity contribution in [3.63, 3.8) is 0 Å². The molecular weight excluding hydrogens is 905 g/mol. The lowest BCUT2D eigenvalue weighted by Crippen LogP contribution is -2.26. The van der Waals surface area contributed by atoms with E-state index in [4.69, 9.17) is 14.3 Å². The molecule has 0 aliphatic heterocycles. The minimum Gasteiger partial charge on any atom is -0.463 e. The number of benzene rings is 4. The highest BCUT2D eigenvalue weighted by atomic mass is 16.5. The number of rotatable bonds is 22. The molecule has 0 fully saturated rings. The van der Waals surface area contributed by atoms with E-state index in [0.717, 1.165) is 67.2 Å². The van der Waals surface area contributed by atoms with Gasteiger partial charge < -0.3 is 14.9 Å². The number of carbonyl (C=O) groups is 1. The molecule has 386 valence electrons. The third-order valence-corrected chi connectivity index (χ3v) is 15.5. The van der Waals surface area contributed by atoms with E-state index in [-0.39, 0.29) is 23.6 Å². The van der Waals surface area contributed by atoms with Crippen molar-refractivity contribution in [3.8, 4) is 22.3 Å². The van der Waals surface area contributed by atoms with E-state index in [1.807, 2.05) is 64.5 Å². The topological polar surface area (TPSA) is 127 Å². The van der Waals surface area contributed by atoms with Crippen LogP contribution in [0.1, 0.15) is 169 Å². The van der Waals surface area contributed by atoms with Crippen LogP contribution in [0.25, 0.3) is 34.4 Å². The molecule has 0 saturated heterocycles. The number of pyridine rings is 2. The summed E-state index contributed by atoms with van der Waals surface area (Å²) in [6.07, 6.45) is 23.6. The molecular formula is C65H80N2O6. The van der Waals surface area contributed by atoms with Crippen LogP contribution in [-0.2, 0) is 43.0 Å². The first-order valence-corrected chi connectivity index (χ1v) is 26.3. The van der Waals surface area contributed by atoms with Gasteiger partial charge in [-0.3, -0.25) is 14.8 Å². The van der Waals surface area contributed by atoms with Gasteiger partial charge in [0.1, 0.15) is 6.61 Å². The molecule has 0 amide bonds. The van der Waals surface area contributed by atoms with E-state index in [0.29, 0.717) is 19.3 Å². The first kappa shape index (κ1) is 59.0. The molecule has 2 aromatic heterocycles. The van der Waals surface area contributed by atoms with Crippen molar-refractivity contribution >= 4 is 24.8 Å². The highest BCUT2D eigenvalue weighted by Crippen LogP contribution is 2.42. The van der Waals surface area contributed by atoms with Crippen molar-refractivity contribution in [1.29, 1.82) is 0 Å². The van der Waals surface area contributed by atoms with Gasteiger partial charge in [0, 0.05) is 52.3 Å². The Hall–Kier alpha value is -6.57. The largest absolute Gasteiger partial charge is 0.463 e. The van der Waals surface area contributed by atoms with Gasteiger partial charge in [0.2, 0.25) is 0 Å². The molecule has 8 nitrogen and oxygen atoms in total. The minimum atomic E-state index is -0.750. The molecule has 0 spiro atoms. The van der Waals surface area contributed by atoms with Gasteiger partial charge in [-0.05, 0) is 145 Å². The Morgan fingerprint density at radius 2 is 0.836 bits per heavy atom. The summed E-state index contributed by atoms with van der Waals surface area (Å²) in [5.41, 5.74) is 15.1. The van der Waals surface area contributed by atoms with Crippen LogP contribution < -0.4 is 0 Å². The van der Waals surface area contributed by atoms with E-state index in [2.05, 4.69) is 162 Å². The first-order valence-electron chi connectivity index (χ1n) is 26.3. The Morgan fingerprint density at radius 3 is 1.16 bits per heavy atom. The number of aryl methyl sites for hydroxylation is 3. The fourth-order valence-electron chi connectivity index (χ4n) is 9.91. The van der Waals surface area contributed by atoms with E-state index in [1.165, 1.54) is 55.6 Å². The lowest BCUT2D eigenvalue weighted by Gasteiger charge is -2.34. The third kappa shape index (κ3) is 14.8. The summed E-state index contributed by atoms with van der Waals surface area (Å²) < 4.78 is 4.88. The number of aromatic nitrogens is 2. The molecule has 0 radical (unpaired) electrons. The molecule has 0 aliphatic carbocycles. The zero-order valence-electron chi connectivity index (χ0n) is 45.4. The Kier molecular flexibility index (Phi) is 22.7. The van der Waals surface area contributed by atoms with Gasteiger partial charge in [-0.15, -0.1) is 0 Å². The van der Waals surface area contributed by atoms with Crippen LogP contribution in [0.15, 0.2) is 134 Å². The number of hydrogen-bond donors (Lipinski definition) is 2. The molecule has 0 bridgehead atoms. The van der Waals surface area contributed by atoms with Gasteiger partial charge in [0.05, 0.1) is 11.2 Å². The summed E-state index contributed by atoms with van der Waals surface area (Å²) in [5, 5.41) is 21.3. The second kappa shape index (κ2) is 28.0. The Morgan fingerprint density at radius 1 is 0.479 bits per heavy atom. The number of aliphatic hydroxyl groups is 2. The zero-order chi connectivity index (χ0) is 53.7. The summed E-state index contributed by atoms with van der Waals surface area (Å²) in [4.78, 5) is 35.5.